The molecular weight excluding hydrogens is 272 g/mol. The fourth-order valence-electron chi connectivity index (χ4n) is 2.74. The van der Waals surface area contributed by atoms with Crippen LogP contribution in [0.3, 0.4) is 0 Å². The summed E-state index contributed by atoms with van der Waals surface area (Å²) >= 11 is 0. The zero-order valence-corrected chi connectivity index (χ0v) is 12.3. The van der Waals surface area contributed by atoms with Crippen LogP contribution in [0.1, 0.15) is 18.9 Å². The molecule has 0 spiro atoms. The van der Waals surface area contributed by atoms with Crippen LogP contribution in [-0.2, 0) is 0 Å². The molecule has 0 unspecified atom stereocenters. The number of hydrogen-bond donors (Lipinski definition) is 0. The van der Waals surface area contributed by atoms with Gasteiger partial charge < -0.3 is 4.40 Å². The van der Waals surface area contributed by atoms with Gasteiger partial charge in [0.1, 0.15) is 10.8 Å². The van der Waals surface area contributed by atoms with Gasteiger partial charge in [0, 0.05) is 25.0 Å². The number of aromatic nitrogens is 2. The van der Waals surface area contributed by atoms with Crippen LogP contribution in [0.2, 0.25) is 0 Å². The predicted molar refractivity (Wildman–Crippen MR) is 85.7 cm³/mol. The molecule has 2 aromatic rings. The van der Waals surface area contributed by atoms with E-state index in [1.54, 1.807) is 6.20 Å². The lowest BCUT2D eigenvalue weighted by Crippen LogP contribution is -2.06. The number of hydrogen-bond acceptors (Lipinski definition) is 2. The molecule has 0 N–H and O–H groups in total. The Kier molecular flexibility index (Phi) is 2.78. The number of nitrogens with zero attached hydrogens (tertiary/aromatic N) is 4. The third kappa shape index (κ3) is 1.98. The van der Waals surface area contributed by atoms with Crippen LogP contribution in [0.5, 0.6) is 0 Å². The van der Waals surface area contributed by atoms with Crippen molar-refractivity contribution in [2.24, 2.45) is 5.11 Å². The monoisotopic (exact) mass is 287 g/mol. The molecule has 106 valence electrons. The fourth-order valence-corrected chi connectivity index (χ4v) is 2.74. The molecular formula is C18H15N4+. The van der Waals surface area contributed by atoms with Gasteiger partial charge in [-0.1, -0.05) is 24.3 Å². The van der Waals surface area contributed by atoms with Gasteiger partial charge in [0.15, 0.2) is 5.70 Å². The largest absolute Gasteiger partial charge is 0.380 e. The maximum Gasteiger partial charge on any atom is 0.380 e. The maximum absolute atomic E-state index is 4.38. The van der Waals surface area contributed by atoms with Crippen LogP contribution < -0.4 is 0 Å². The number of rotatable bonds is 2. The van der Waals surface area contributed by atoms with Crippen molar-refractivity contribution in [3.8, 4) is 0 Å². The van der Waals surface area contributed by atoms with Gasteiger partial charge in [-0.05, 0) is 30.7 Å². The smallest absolute Gasteiger partial charge is 0.306 e. The van der Waals surface area contributed by atoms with Crippen molar-refractivity contribution >= 4 is 11.4 Å². The lowest BCUT2D eigenvalue weighted by atomic mass is 9.99. The standard InChI is InChI=1S/C18H15N4/c1-12(2)13-3-6-15-16(7-4-13)20-21-18(15)14-5-8-17-19-9-10-22(17)11-14/h3-5,7-11H,1,6H2,2H3/q+1. The van der Waals surface area contributed by atoms with Crippen molar-refractivity contribution in [3.63, 3.8) is 0 Å². The highest BCUT2D eigenvalue weighted by Crippen LogP contribution is 2.26. The molecule has 2 aliphatic rings. The van der Waals surface area contributed by atoms with Crippen LogP contribution in [-0.4, -0.2) is 19.9 Å². The number of imidazole rings is 1. The molecule has 4 nitrogen and oxygen atoms in total. The van der Waals surface area contributed by atoms with Gasteiger partial charge in [0.2, 0.25) is 0 Å². The van der Waals surface area contributed by atoms with E-state index in [4.69, 9.17) is 0 Å². The molecule has 1 aliphatic heterocycles. The molecule has 0 amide bonds. The summed E-state index contributed by atoms with van der Waals surface area (Å²) in [5, 5.41) is 4.33. The molecule has 4 heteroatoms. The van der Waals surface area contributed by atoms with Gasteiger partial charge in [-0.25, -0.2) is 4.98 Å². The van der Waals surface area contributed by atoms with Crippen molar-refractivity contribution in [1.82, 2.24) is 9.38 Å². The van der Waals surface area contributed by atoms with Crippen LogP contribution in [0.4, 0.5) is 0 Å². The second kappa shape index (κ2) is 4.79. The molecule has 0 atom stereocenters. The minimum atomic E-state index is 0.814. The Morgan fingerprint density at radius 1 is 1.32 bits per heavy atom. The number of pyridine rings is 1. The molecule has 22 heavy (non-hydrogen) atoms. The maximum atomic E-state index is 4.38. The topological polar surface area (TPSA) is 43.8 Å². The normalized spacial score (nSPS) is 16.6. The second-order valence-electron chi connectivity index (χ2n) is 5.50. The first-order valence-corrected chi connectivity index (χ1v) is 7.22. The highest BCUT2D eigenvalue weighted by molar-refractivity contribution is 6.10. The average Bonchev–Trinajstić information content (AvgIpc) is 3.08. The first-order valence-electron chi connectivity index (χ1n) is 7.22. The van der Waals surface area contributed by atoms with Gasteiger partial charge >= 0.3 is 5.71 Å². The van der Waals surface area contributed by atoms with Crippen molar-refractivity contribution in [2.45, 2.75) is 13.3 Å². The highest BCUT2D eigenvalue weighted by Gasteiger charge is 2.30. The van der Waals surface area contributed by atoms with Gasteiger partial charge in [-0.2, -0.15) is 0 Å². The molecule has 0 fully saturated rings. The van der Waals surface area contributed by atoms with Crippen molar-refractivity contribution < 1.29 is 4.79 Å². The summed E-state index contributed by atoms with van der Waals surface area (Å²) < 4.78 is 2.00. The van der Waals surface area contributed by atoms with Crippen molar-refractivity contribution in [3.05, 3.63) is 83.5 Å². The summed E-state index contributed by atoms with van der Waals surface area (Å²) in [6, 6.07) is 4.04. The van der Waals surface area contributed by atoms with Crippen molar-refractivity contribution in [1.29, 1.82) is 0 Å². The van der Waals surface area contributed by atoms with E-state index in [1.165, 1.54) is 0 Å². The molecule has 0 saturated heterocycles. The van der Waals surface area contributed by atoms with E-state index in [0.29, 0.717) is 0 Å². The first kappa shape index (κ1) is 12.7. The van der Waals surface area contributed by atoms with Crippen LogP contribution in [0.25, 0.3) is 5.65 Å². The van der Waals surface area contributed by atoms with E-state index >= 15 is 0 Å². The van der Waals surface area contributed by atoms with Gasteiger partial charge in [0.25, 0.3) is 0 Å². The molecule has 4 rings (SSSR count). The van der Waals surface area contributed by atoms with Crippen molar-refractivity contribution in [2.75, 3.05) is 0 Å². The molecule has 0 bridgehead atoms. The molecule has 3 heterocycles. The summed E-state index contributed by atoms with van der Waals surface area (Å²) in [5.41, 5.74) is 7.25. The summed E-state index contributed by atoms with van der Waals surface area (Å²) in [5.74, 6) is 0. The summed E-state index contributed by atoms with van der Waals surface area (Å²) in [6.45, 7) is 6.03. The predicted octanol–water partition coefficient (Wildman–Crippen LogP) is 3.51. The van der Waals surface area contributed by atoms with E-state index in [1.807, 2.05) is 41.9 Å². The summed E-state index contributed by atoms with van der Waals surface area (Å²) in [6.07, 6.45) is 12.9. The van der Waals surface area contributed by atoms with Crippen LogP contribution >= 0.6 is 0 Å². The Morgan fingerprint density at radius 3 is 3.09 bits per heavy atom. The number of allylic oxidation sites excluding steroid dienone is 6. The fraction of sp³-hybridized carbons (Fsp3) is 0.111. The SMILES string of the molecule is C=C(C)C1=CCC2=C(C=C1)N=[N+]=C2c1ccc2nccn2c1. The zero-order valence-electron chi connectivity index (χ0n) is 12.3. The zero-order chi connectivity index (χ0) is 15.1. The minimum absolute atomic E-state index is 0.814. The Balaban J connectivity index is 1.75. The second-order valence-corrected chi connectivity index (χ2v) is 5.50. The summed E-state index contributed by atoms with van der Waals surface area (Å²) in [4.78, 5) is 8.65. The van der Waals surface area contributed by atoms with Crippen LogP contribution in [0.15, 0.2) is 83.1 Å². The van der Waals surface area contributed by atoms with Gasteiger partial charge in [-0.15, -0.1) is 0 Å². The Morgan fingerprint density at radius 2 is 2.23 bits per heavy atom. The van der Waals surface area contributed by atoms with Gasteiger partial charge in [-0.3, -0.25) is 0 Å². The number of fused-ring (bicyclic) bond motifs is 1. The van der Waals surface area contributed by atoms with E-state index in [-0.39, 0.29) is 0 Å². The van der Waals surface area contributed by atoms with E-state index in [9.17, 15) is 0 Å². The molecule has 2 aromatic heterocycles. The Hall–Kier alpha value is -2.97. The van der Waals surface area contributed by atoms with E-state index < -0.39 is 0 Å². The lowest BCUT2D eigenvalue weighted by molar-refractivity contribution is -0.0740. The van der Waals surface area contributed by atoms with E-state index in [2.05, 4.69) is 33.6 Å². The highest BCUT2D eigenvalue weighted by atomic mass is 15.1. The molecule has 1 aliphatic carbocycles. The first-order chi connectivity index (χ1) is 10.7. The summed E-state index contributed by atoms with van der Waals surface area (Å²) in [7, 11) is 0. The lowest BCUT2D eigenvalue weighted by Gasteiger charge is -1.99. The Labute approximate surface area is 128 Å². The molecule has 0 radical (unpaired) electrons. The quantitative estimate of drug-likeness (QED) is 0.779. The third-order valence-electron chi connectivity index (χ3n) is 3.95. The van der Waals surface area contributed by atoms with Gasteiger partial charge in [0.05, 0.1) is 15.9 Å². The molecule has 0 saturated carbocycles. The Bertz CT molecular complexity index is 960. The average molecular weight is 287 g/mol. The van der Waals surface area contributed by atoms with Crippen LogP contribution in [0, 0.1) is 0 Å². The third-order valence-corrected chi connectivity index (χ3v) is 3.95. The minimum Gasteiger partial charge on any atom is -0.306 e. The molecule has 0 aromatic carbocycles. The van der Waals surface area contributed by atoms with E-state index in [0.717, 1.165) is 45.8 Å².